The van der Waals surface area contributed by atoms with E-state index in [0.29, 0.717) is 10.4 Å². The average molecular weight is 309 g/mol. The lowest BCUT2D eigenvalue weighted by atomic mass is 9.68. The van der Waals surface area contributed by atoms with Crippen molar-refractivity contribution in [1.82, 2.24) is 4.98 Å². The van der Waals surface area contributed by atoms with Gasteiger partial charge in [-0.25, -0.2) is 9.78 Å². The topological polar surface area (TPSA) is 53.4 Å². The van der Waals surface area contributed by atoms with Crippen LogP contribution in [0.15, 0.2) is 12.3 Å². The van der Waals surface area contributed by atoms with Crippen LogP contribution in [0.25, 0.3) is 0 Å². The second-order valence-corrected chi connectivity index (χ2v) is 6.79. The predicted molar refractivity (Wildman–Crippen MR) is 83.2 cm³/mol. The first kappa shape index (κ1) is 14.6. The molecule has 0 atom stereocenters. The van der Waals surface area contributed by atoms with Crippen LogP contribution in [0.2, 0.25) is 5.02 Å². The maximum absolute atomic E-state index is 10.9. The van der Waals surface area contributed by atoms with Gasteiger partial charge in [-0.2, -0.15) is 0 Å². The van der Waals surface area contributed by atoms with Gasteiger partial charge in [-0.15, -0.1) is 0 Å². The van der Waals surface area contributed by atoms with Crippen molar-refractivity contribution in [2.45, 2.75) is 44.9 Å². The minimum absolute atomic E-state index is 0.143. The molecule has 0 amide bonds. The van der Waals surface area contributed by atoms with Gasteiger partial charge in [0, 0.05) is 19.3 Å². The molecule has 1 aliphatic carbocycles. The standard InChI is InChI=1S/C16H21ClN2O2/c17-13-10-12(15(20)21)11-18-14(13)19-8-6-16(7-9-19)4-2-1-3-5-16/h10-11H,1-9H2,(H,20,21). The quantitative estimate of drug-likeness (QED) is 0.897. The van der Waals surface area contributed by atoms with Crippen LogP contribution in [0.5, 0.6) is 0 Å². The Morgan fingerprint density at radius 3 is 2.43 bits per heavy atom. The molecule has 0 radical (unpaired) electrons. The Kier molecular flexibility index (Phi) is 4.07. The molecule has 1 aromatic rings. The van der Waals surface area contributed by atoms with Crippen LogP contribution in [-0.2, 0) is 0 Å². The molecule has 1 aliphatic heterocycles. The van der Waals surface area contributed by atoms with Crippen LogP contribution in [-0.4, -0.2) is 29.1 Å². The summed E-state index contributed by atoms with van der Waals surface area (Å²) in [5.41, 5.74) is 0.687. The van der Waals surface area contributed by atoms with Crippen LogP contribution in [0.1, 0.15) is 55.3 Å². The summed E-state index contributed by atoms with van der Waals surface area (Å²) < 4.78 is 0. The SMILES string of the molecule is O=C(O)c1cnc(N2CCC3(CCCCC3)CC2)c(Cl)c1. The fourth-order valence-electron chi connectivity index (χ4n) is 3.77. The van der Waals surface area contributed by atoms with Crippen LogP contribution in [0.4, 0.5) is 5.82 Å². The number of nitrogens with zero attached hydrogens (tertiary/aromatic N) is 2. The number of piperidine rings is 1. The Bertz CT molecular complexity index is 531. The molecular formula is C16H21ClN2O2. The van der Waals surface area contributed by atoms with Crippen molar-refractivity contribution in [3.8, 4) is 0 Å². The van der Waals surface area contributed by atoms with Gasteiger partial charge < -0.3 is 10.0 Å². The molecule has 1 N–H and O–H groups in total. The highest BCUT2D eigenvalue weighted by Gasteiger charge is 2.36. The van der Waals surface area contributed by atoms with Crippen LogP contribution >= 0.6 is 11.6 Å². The molecule has 1 saturated heterocycles. The maximum Gasteiger partial charge on any atom is 0.337 e. The summed E-state index contributed by atoms with van der Waals surface area (Å²) in [4.78, 5) is 17.4. The molecule has 114 valence electrons. The van der Waals surface area contributed by atoms with Crippen molar-refractivity contribution < 1.29 is 9.90 Å². The van der Waals surface area contributed by atoms with E-state index in [1.54, 1.807) is 0 Å². The Labute approximate surface area is 130 Å². The number of halogens is 1. The summed E-state index contributed by atoms with van der Waals surface area (Å²) in [5.74, 6) is -0.261. The van der Waals surface area contributed by atoms with E-state index in [2.05, 4.69) is 9.88 Å². The van der Waals surface area contributed by atoms with E-state index in [9.17, 15) is 4.79 Å². The number of aromatic nitrogens is 1. The molecule has 1 spiro atoms. The highest BCUT2D eigenvalue weighted by atomic mass is 35.5. The predicted octanol–water partition coefficient (Wildman–Crippen LogP) is 3.98. The van der Waals surface area contributed by atoms with Crippen molar-refractivity contribution in [3.63, 3.8) is 0 Å². The molecule has 1 saturated carbocycles. The molecule has 3 rings (SSSR count). The Hall–Kier alpha value is -1.29. The number of aromatic carboxylic acids is 1. The first-order valence-corrected chi connectivity index (χ1v) is 8.11. The maximum atomic E-state index is 10.9. The third-order valence-electron chi connectivity index (χ3n) is 5.11. The Morgan fingerprint density at radius 1 is 1.19 bits per heavy atom. The summed E-state index contributed by atoms with van der Waals surface area (Å²) in [6.07, 6.45) is 10.6. The highest BCUT2D eigenvalue weighted by molar-refractivity contribution is 6.33. The molecule has 2 aliphatic rings. The zero-order chi connectivity index (χ0) is 14.9. The van der Waals surface area contributed by atoms with Gasteiger partial charge >= 0.3 is 5.97 Å². The van der Waals surface area contributed by atoms with Gasteiger partial charge in [-0.1, -0.05) is 30.9 Å². The van der Waals surface area contributed by atoms with Crippen molar-refractivity contribution in [2.75, 3.05) is 18.0 Å². The highest BCUT2D eigenvalue weighted by Crippen LogP contribution is 2.45. The number of anilines is 1. The number of carbonyl (C=O) groups is 1. The monoisotopic (exact) mass is 308 g/mol. The normalized spacial score (nSPS) is 21.5. The van der Waals surface area contributed by atoms with Gasteiger partial charge in [0.1, 0.15) is 5.82 Å². The number of pyridine rings is 1. The first-order chi connectivity index (χ1) is 10.1. The zero-order valence-corrected chi connectivity index (χ0v) is 12.9. The third-order valence-corrected chi connectivity index (χ3v) is 5.38. The lowest BCUT2D eigenvalue weighted by Crippen LogP contribution is -2.41. The number of rotatable bonds is 2. The van der Waals surface area contributed by atoms with Gasteiger partial charge in [0.15, 0.2) is 0 Å². The Balaban J connectivity index is 1.70. The molecule has 5 heteroatoms. The van der Waals surface area contributed by atoms with Crippen LogP contribution in [0, 0.1) is 5.41 Å². The smallest absolute Gasteiger partial charge is 0.337 e. The molecule has 4 nitrogen and oxygen atoms in total. The van der Waals surface area contributed by atoms with E-state index in [1.165, 1.54) is 57.2 Å². The van der Waals surface area contributed by atoms with Crippen molar-refractivity contribution in [2.24, 2.45) is 5.41 Å². The summed E-state index contributed by atoms with van der Waals surface area (Å²) in [6, 6.07) is 1.50. The van der Waals surface area contributed by atoms with Crippen LogP contribution in [0.3, 0.4) is 0 Å². The minimum atomic E-state index is -0.990. The summed E-state index contributed by atoms with van der Waals surface area (Å²) in [7, 11) is 0. The van der Waals surface area contributed by atoms with Gasteiger partial charge in [0.2, 0.25) is 0 Å². The largest absolute Gasteiger partial charge is 0.478 e. The molecule has 0 bridgehead atoms. The number of carboxylic acids is 1. The van der Waals surface area contributed by atoms with E-state index in [1.807, 2.05) is 0 Å². The van der Waals surface area contributed by atoms with Gasteiger partial charge in [0.25, 0.3) is 0 Å². The third kappa shape index (κ3) is 3.00. The van der Waals surface area contributed by atoms with E-state index >= 15 is 0 Å². The molecule has 2 fully saturated rings. The van der Waals surface area contributed by atoms with Crippen molar-refractivity contribution >= 4 is 23.4 Å². The second-order valence-electron chi connectivity index (χ2n) is 6.38. The minimum Gasteiger partial charge on any atom is -0.478 e. The molecule has 1 aromatic heterocycles. The average Bonchev–Trinajstić information content (AvgIpc) is 2.49. The first-order valence-electron chi connectivity index (χ1n) is 7.73. The molecule has 21 heavy (non-hydrogen) atoms. The van der Waals surface area contributed by atoms with Gasteiger partial charge in [0.05, 0.1) is 10.6 Å². The van der Waals surface area contributed by atoms with Crippen LogP contribution < -0.4 is 4.90 Å². The van der Waals surface area contributed by atoms with Crippen molar-refractivity contribution in [1.29, 1.82) is 0 Å². The molecule has 0 unspecified atom stereocenters. The fourth-order valence-corrected chi connectivity index (χ4v) is 4.06. The van der Waals surface area contributed by atoms with E-state index in [4.69, 9.17) is 16.7 Å². The molecule has 0 aromatic carbocycles. The van der Waals surface area contributed by atoms with Gasteiger partial charge in [-0.3, -0.25) is 0 Å². The molecule has 2 heterocycles. The summed E-state index contributed by atoms with van der Waals surface area (Å²) >= 11 is 6.22. The summed E-state index contributed by atoms with van der Waals surface area (Å²) in [6.45, 7) is 1.94. The second kappa shape index (κ2) is 5.84. The van der Waals surface area contributed by atoms with E-state index in [-0.39, 0.29) is 5.56 Å². The Morgan fingerprint density at radius 2 is 1.86 bits per heavy atom. The van der Waals surface area contributed by atoms with Crippen molar-refractivity contribution in [3.05, 3.63) is 22.8 Å². The fraction of sp³-hybridized carbons (Fsp3) is 0.625. The number of hydrogen-bond donors (Lipinski definition) is 1. The molecular weight excluding hydrogens is 288 g/mol. The van der Waals surface area contributed by atoms with E-state index in [0.717, 1.165) is 18.9 Å². The lowest BCUT2D eigenvalue weighted by molar-refractivity contribution is 0.0696. The number of carboxylic acid groups (broad SMARTS) is 1. The van der Waals surface area contributed by atoms with E-state index < -0.39 is 5.97 Å². The van der Waals surface area contributed by atoms with Gasteiger partial charge in [-0.05, 0) is 37.2 Å². The lowest BCUT2D eigenvalue weighted by Gasteiger charge is -2.44. The zero-order valence-electron chi connectivity index (χ0n) is 12.1. The number of hydrogen-bond acceptors (Lipinski definition) is 3. The summed E-state index contributed by atoms with van der Waals surface area (Å²) in [5, 5.41) is 9.40.